The number of primary amides is 2. The third kappa shape index (κ3) is 14.2. The van der Waals surface area contributed by atoms with E-state index in [1.165, 1.54) is 17.0 Å². The molecule has 73 heavy (non-hydrogen) atoms. The van der Waals surface area contributed by atoms with Gasteiger partial charge in [0.05, 0.1) is 34.7 Å². The van der Waals surface area contributed by atoms with Crippen LogP contribution in [0.5, 0.6) is 0 Å². The Balaban J connectivity index is 0.000000207. The van der Waals surface area contributed by atoms with Crippen LogP contribution in [0.4, 0.5) is 58.1 Å². The van der Waals surface area contributed by atoms with E-state index in [2.05, 4.69) is 35.9 Å². The predicted octanol–water partition coefficient (Wildman–Crippen LogP) is 6.79. The van der Waals surface area contributed by atoms with Crippen molar-refractivity contribution in [3.8, 4) is 0 Å². The molecule has 2 aromatic heterocycles. The van der Waals surface area contributed by atoms with Crippen LogP contribution < -0.4 is 38.9 Å². The molecule has 11 N–H and O–H groups in total. The van der Waals surface area contributed by atoms with E-state index in [0.29, 0.717) is 71.1 Å². The molecule has 5 heterocycles. The van der Waals surface area contributed by atoms with Crippen molar-refractivity contribution in [3.05, 3.63) is 92.7 Å². The molecule has 3 aliphatic heterocycles. The van der Waals surface area contributed by atoms with Crippen molar-refractivity contribution in [1.29, 1.82) is 0 Å². The standard InChI is InChI=1S/C23H25ClF4N6O2.C18H22ClF3N4O2.C4H3ClFN3/c24-13-7-12(23(26,27)28)8-14(9-13)33-16-2-1-5-34(22(16)36)17-6-11(3-4-15(17)21(30)35)19-18(25)20(29)32-10-31-19;19-11-6-10(18(20,21)22)7-12(8-11)25-14-2-1-5-26(17(14)28)15-9-24-4-3-13(15)16(23)27;5-3-2(6)4(7)9-1-8-3/h7-11,15-17,33H,1-6H2,(H2,30,35)(H2,29,31,32);6-8,13-15,24-25H,1-5,9H2,(H2,23,27);1H,(H2,7,8,9)/t11?,15-,16?,17-;13-,14?,15-;/m00./s1. The summed E-state index contributed by atoms with van der Waals surface area (Å²) in [6, 6.07) is 3.64. The maximum Gasteiger partial charge on any atom is 0.416 e. The van der Waals surface area contributed by atoms with Gasteiger partial charge in [-0.25, -0.2) is 24.3 Å². The first-order chi connectivity index (χ1) is 34.3. The van der Waals surface area contributed by atoms with Crippen molar-refractivity contribution in [2.24, 2.45) is 23.3 Å². The summed E-state index contributed by atoms with van der Waals surface area (Å²) < 4.78 is 106. The number of piperidine rings is 3. The molecule has 4 fully saturated rings. The molecule has 1 saturated carbocycles. The van der Waals surface area contributed by atoms with Gasteiger partial charge in [-0.1, -0.05) is 34.8 Å². The third-order valence-electron chi connectivity index (χ3n) is 12.9. The Morgan fingerprint density at radius 1 is 0.644 bits per heavy atom. The Morgan fingerprint density at radius 3 is 1.60 bits per heavy atom. The summed E-state index contributed by atoms with van der Waals surface area (Å²) in [6.45, 7) is 1.92. The second-order valence-electron chi connectivity index (χ2n) is 17.7. The molecule has 7 atom stereocenters. The van der Waals surface area contributed by atoms with E-state index in [4.69, 9.17) is 57.7 Å². The number of nitrogens with two attached hydrogens (primary N) is 4. The lowest BCUT2D eigenvalue weighted by Gasteiger charge is -2.44. The summed E-state index contributed by atoms with van der Waals surface area (Å²) in [7, 11) is 0. The average molecular weight is 1100 g/mol. The zero-order valence-corrected chi connectivity index (χ0v) is 40.7. The second kappa shape index (κ2) is 23.9. The summed E-state index contributed by atoms with van der Waals surface area (Å²) in [5.41, 5.74) is 20.2. The van der Waals surface area contributed by atoms with Gasteiger partial charge in [-0.05, 0) is 94.3 Å². The van der Waals surface area contributed by atoms with Crippen LogP contribution in [0.3, 0.4) is 0 Å². The molecule has 3 saturated heterocycles. The summed E-state index contributed by atoms with van der Waals surface area (Å²) >= 11 is 16.9. The normalized spacial score (nSPS) is 23.6. The van der Waals surface area contributed by atoms with Gasteiger partial charge < -0.3 is 48.7 Å². The van der Waals surface area contributed by atoms with Gasteiger partial charge in [-0.15, -0.1) is 0 Å². The fourth-order valence-corrected chi connectivity index (χ4v) is 10.0. The predicted molar refractivity (Wildman–Crippen MR) is 254 cm³/mol. The summed E-state index contributed by atoms with van der Waals surface area (Å²) in [5, 5.41) is 8.48. The number of hydrogen-bond donors (Lipinski definition) is 7. The van der Waals surface area contributed by atoms with E-state index in [0.717, 1.165) is 36.9 Å². The molecule has 0 radical (unpaired) electrons. The van der Waals surface area contributed by atoms with Crippen molar-refractivity contribution in [3.63, 3.8) is 0 Å². The first kappa shape index (κ1) is 56.2. The number of amides is 4. The van der Waals surface area contributed by atoms with E-state index in [-0.39, 0.29) is 68.2 Å². The van der Waals surface area contributed by atoms with Crippen LogP contribution in [0.25, 0.3) is 0 Å². The van der Waals surface area contributed by atoms with Crippen LogP contribution in [0.15, 0.2) is 49.1 Å². The lowest BCUT2D eigenvalue weighted by Crippen LogP contribution is -2.60. The molecule has 1 aliphatic carbocycles. The number of alkyl halides is 6. The minimum atomic E-state index is -4.60. The molecular formula is C45H50Cl3F8N13O4. The highest BCUT2D eigenvalue weighted by Gasteiger charge is 2.44. The van der Waals surface area contributed by atoms with Crippen LogP contribution in [0, 0.1) is 23.5 Å². The Bertz CT molecular complexity index is 2640. The third-order valence-corrected chi connectivity index (χ3v) is 13.6. The van der Waals surface area contributed by atoms with Crippen molar-refractivity contribution in [2.45, 2.75) is 93.8 Å². The number of carbonyl (C=O) groups excluding carboxylic acids is 4. The van der Waals surface area contributed by atoms with Gasteiger partial charge in [0.1, 0.15) is 24.7 Å². The van der Waals surface area contributed by atoms with Gasteiger partial charge in [-0.2, -0.15) is 30.7 Å². The number of nitrogens with zero attached hydrogens (tertiary/aromatic N) is 6. The molecular weight excluding hydrogens is 1040 g/mol. The van der Waals surface area contributed by atoms with E-state index in [9.17, 15) is 54.3 Å². The van der Waals surface area contributed by atoms with Crippen molar-refractivity contribution in [2.75, 3.05) is 48.3 Å². The number of aromatic nitrogens is 4. The molecule has 28 heteroatoms. The molecule has 4 aromatic rings. The van der Waals surface area contributed by atoms with Crippen LogP contribution in [0.1, 0.15) is 74.1 Å². The van der Waals surface area contributed by atoms with E-state index >= 15 is 0 Å². The van der Waals surface area contributed by atoms with Crippen molar-refractivity contribution < 1.29 is 54.3 Å². The fraction of sp³-hybridized carbons (Fsp3) is 0.467. The van der Waals surface area contributed by atoms with Crippen LogP contribution in [-0.4, -0.2) is 104 Å². The molecule has 2 aromatic carbocycles. The number of rotatable bonds is 9. The van der Waals surface area contributed by atoms with Crippen LogP contribution >= 0.6 is 34.8 Å². The highest BCUT2D eigenvalue weighted by Crippen LogP contribution is 2.41. The first-order valence-corrected chi connectivity index (χ1v) is 23.8. The summed E-state index contributed by atoms with van der Waals surface area (Å²) in [5.74, 6) is -5.17. The van der Waals surface area contributed by atoms with Crippen molar-refractivity contribution >= 4 is 81.4 Å². The number of benzene rings is 2. The molecule has 0 spiro atoms. The van der Waals surface area contributed by atoms with E-state index in [1.54, 1.807) is 4.90 Å². The molecule has 0 bridgehead atoms. The smallest absolute Gasteiger partial charge is 0.381 e. The molecule has 4 amide bonds. The highest BCUT2D eigenvalue weighted by atomic mass is 35.5. The zero-order valence-electron chi connectivity index (χ0n) is 38.4. The Morgan fingerprint density at radius 2 is 1.12 bits per heavy atom. The number of halogens is 11. The van der Waals surface area contributed by atoms with E-state index < -0.39 is 82.8 Å². The lowest BCUT2D eigenvalue weighted by molar-refractivity contribution is -0.142. The monoisotopic (exact) mass is 1090 g/mol. The molecule has 8 rings (SSSR count). The summed E-state index contributed by atoms with van der Waals surface area (Å²) in [6.07, 6.45) is -3.31. The first-order valence-electron chi connectivity index (χ1n) is 22.7. The van der Waals surface area contributed by atoms with Crippen molar-refractivity contribution in [1.82, 2.24) is 35.1 Å². The lowest BCUT2D eigenvalue weighted by atomic mass is 9.75. The topological polar surface area (TPSA) is 266 Å². The zero-order chi connectivity index (χ0) is 53.5. The van der Waals surface area contributed by atoms with Gasteiger partial charge >= 0.3 is 12.4 Å². The van der Waals surface area contributed by atoms with Gasteiger partial charge in [0, 0.05) is 53.0 Å². The van der Waals surface area contributed by atoms with Crippen LogP contribution in [-0.2, 0) is 31.5 Å². The maximum absolute atomic E-state index is 14.6. The van der Waals surface area contributed by atoms with Gasteiger partial charge in [0.2, 0.25) is 29.4 Å². The fourth-order valence-electron chi connectivity index (χ4n) is 9.42. The van der Waals surface area contributed by atoms with Gasteiger partial charge in [-0.3, -0.25) is 19.2 Å². The summed E-state index contributed by atoms with van der Waals surface area (Å²) in [4.78, 5) is 68.0. The molecule has 17 nitrogen and oxygen atoms in total. The van der Waals surface area contributed by atoms with Gasteiger partial charge in [0.15, 0.2) is 22.6 Å². The van der Waals surface area contributed by atoms with Crippen LogP contribution in [0.2, 0.25) is 15.2 Å². The van der Waals surface area contributed by atoms with Gasteiger partial charge in [0.25, 0.3) is 0 Å². The molecule has 4 aliphatic rings. The highest BCUT2D eigenvalue weighted by molar-refractivity contribution is 6.31. The largest absolute Gasteiger partial charge is 0.416 e. The van der Waals surface area contributed by atoms with E-state index in [1.807, 2.05) is 0 Å². The Labute approximate surface area is 427 Å². The average Bonchev–Trinajstić information content (AvgIpc) is 3.32. The number of hydrogen-bond acceptors (Lipinski definition) is 13. The molecule has 3 unspecified atom stereocenters. The number of carbonyl (C=O) groups is 4. The second-order valence-corrected chi connectivity index (χ2v) is 18.9. The number of nitrogen functional groups attached to an aromatic ring is 2. The quantitative estimate of drug-likeness (QED) is 0.0674. The molecule has 396 valence electrons. The number of likely N-dealkylation sites (tertiary alicyclic amines) is 2. The maximum atomic E-state index is 14.6. The Hall–Kier alpha value is -6.05. The number of nitrogens with one attached hydrogen (secondary N) is 3. The minimum absolute atomic E-state index is 0.0570. The SMILES string of the molecule is NC(=O)[C@H]1CCC(c2ncnc(N)c2F)C[C@@H]1N1CCCC(Nc2cc(Cl)cc(C(F)(F)F)c2)C1=O.NC(=O)[C@H]1CCNC[C@@H]1N1CCCC(Nc2cc(Cl)cc(C(F)(F)F)c2)C1=O.Nc1ncnc(Cl)c1F. The number of anilines is 4. The Kier molecular flexibility index (Phi) is 18.4. The minimum Gasteiger partial charge on any atom is -0.381 e.